The van der Waals surface area contributed by atoms with Crippen LogP contribution in [0, 0.1) is 5.92 Å². The van der Waals surface area contributed by atoms with Crippen molar-refractivity contribution in [1.82, 2.24) is 15.1 Å². The molecule has 1 saturated carbocycles. The van der Waals surface area contributed by atoms with Gasteiger partial charge in [0.2, 0.25) is 11.8 Å². The summed E-state index contributed by atoms with van der Waals surface area (Å²) in [6.07, 6.45) is 4.86. The number of hydrogen-bond donors (Lipinski definition) is 2. The molecule has 10 nitrogen and oxygen atoms in total. The molecule has 2 aromatic carbocycles. The Morgan fingerprint density at radius 1 is 0.925 bits per heavy atom. The summed E-state index contributed by atoms with van der Waals surface area (Å²) in [5.74, 6) is -0.610. The predicted molar refractivity (Wildman–Crippen MR) is 150 cm³/mol. The second-order valence-corrected chi connectivity index (χ2v) is 10.3. The number of hydrogen-bond acceptors (Lipinski definition) is 6. The number of urea groups is 1. The molecule has 1 heterocycles. The number of nitrogens with one attached hydrogen (secondary N) is 2. The number of rotatable bonds is 8. The van der Waals surface area contributed by atoms with Gasteiger partial charge < -0.3 is 29.9 Å². The fourth-order valence-corrected chi connectivity index (χ4v) is 5.36. The molecule has 2 N–H and O–H groups in total. The van der Waals surface area contributed by atoms with Crippen molar-refractivity contribution < 1.29 is 28.7 Å². The van der Waals surface area contributed by atoms with E-state index in [-0.39, 0.29) is 37.4 Å². The molecule has 0 bridgehead atoms. The topological polar surface area (TPSA) is 117 Å². The number of amides is 4. The fraction of sp³-hybridized carbons (Fsp3) is 0.467. The SMILES string of the molecule is COC(=O)C(Cc1ccc(OC)cc1)NC(=O)C1CN(C(=O)Nc2ccccc2)CCN1C(=O)C1CCCCC1. The monoisotopic (exact) mass is 550 g/mol. The predicted octanol–water partition coefficient (Wildman–Crippen LogP) is 3.22. The average Bonchev–Trinajstić information content (AvgIpc) is 3.00. The zero-order valence-electron chi connectivity index (χ0n) is 23.1. The number of esters is 1. The number of anilines is 1. The Hall–Kier alpha value is -4.08. The van der Waals surface area contributed by atoms with Gasteiger partial charge in [-0.25, -0.2) is 9.59 Å². The molecule has 2 fully saturated rings. The van der Waals surface area contributed by atoms with E-state index in [1.165, 1.54) is 7.11 Å². The van der Waals surface area contributed by atoms with Crippen LogP contribution in [0.4, 0.5) is 10.5 Å². The summed E-state index contributed by atoms with van der Waals surface area (Å²) in [5, 5.41) is 5.67. The highest BCUT2D eigenvalue weighted by molar-refractivity contribution is 5.94. The van der Waals surface area contributed by atoms with E-state index in [9.17, 15) is 19.2 Å². The lowest BCUT2D eigenvalue weighted by atomic mass is 9.87. The maximum absolute atomic E-state index is 13.8. The third-order valence-electron chi connectivity index (χ3n) is 7.63. The van der Waals surface area contributed by atoms with Gasteiger partial charge >= 0.3 is 12.0 Å². The highest BCUT2D eigenvalue weighted by Crippen LogP contribution is 2.27. The van der Waals surface area contributed by atoms with Gasteiger partial charge in [0.25, 0.3) is 0 Å². The Bertz CT molecular complexity index is 1170. The van der Waals surface area contributed by atoms with Crippen molar-refractivity contribution >= 4 is 29.5 Å². The number of para-hydroxylation sites is 1. The molecule has 2 aromatic rings. The van der Waals surface area contributed by atoms with Gasteiger partial charge in [-0.15, -0.1) is 0 Å². The summed E-state index contributed by atoms with van der Waals surface area (Å²) in [4.78, 5) is 56.2. The smallest absolute Gasteiger partial charge is 0.328 e. The van der Waals surface area contributed by atoms with Crippen molar-refractivity contribution in [2.45, 2.75) is 50.6 Å². The van der Waals surface area contributed by atoms with Crippen molar-refractivity contribution in [3.8, 4) is 5.75 Å². The molecule has 1 aliphatic carbocycles. The lowest BCUT2D eigenvalue weighted by Crippen LogP contribution is -2.64. The normalized spacial score (nSPS) is 18.4. The van der Waals surface area contributed by atoms with Crippen LogP contribution in [0.15, 0.2) is 54.6 Å². The van der Waals surface area contributed by atoms with Crippen molar-refractivity contribution in [1.29, 1.82) is 0 Å². The molecule has 4 rings (SSSR count). The molecule has 0 spiro atoms. The number of methoxy groups -OCH3 is 2. The Morgan fingerprint density at radius 3 is 2.27 bits per heavy atom. The van der Waals surface area contributed by atoms with Gasteiger partial charge in [0, 0.05) is 31.1 Å². The Kier molecular flexibility index (Phi) is 9.99. The molecule has 40 heavy (non-hydrogen) atoms. The van der Waals surface area contributed by atoms with E-state index >= 15 is 0 Å². The first-order chi connectivity index (χ1) is 19.4. The first kappa shape index (κ1) is 28.9. The lowest BCUT2D eigenvalue weighted by molar-refractivity contribution is -0.149. The molecule has 2 aliphatic rings. The number of nitrogens with zero attached hydrogens (tertiary/aromatic N) is 2. The van der Waals surface area contributed by atoms with Gasteiger partial charge in [-0.1, -0.05) is 49.6 Å². The summed E-state index contributed by atoms with van der Waals surface area (Å²) in [6.45, 7) is 0.545. The fourth-order valence-electron chi connectivity index (χ4n) is 5.36. The molecular formula is C30H38N4O6. The molecule has 0 aromatic heterocycles. The summed E-state index contributed by atoms with van der Waals surface area (Å²) in [7, 11) is 2.84. The van der Waals surface area contributed by atoms with E-state index in [1.54, 1.807) is 41.2 Å². The minimum Gasteiger partial charge on any atom is -0.497 e. The zero-order valence-corrected chi connectivity index (χ0v) is 23.1. The molecule has 4 amide bonds. The number of piperazine rings is 1. The summed E-state index contributed by atoms with van der Waals surface area (Å²) in [5.41, 5.74) is 1.44. The standard InChI is InChI=1S/C30H38N4O6/c1-39-24-15-13-21(14-16-24)19-25(29(37)40-2)32-27(35)26-20-33(30(38)31-23-11-7-4-8-12-23)17-18-34(26)28(36)22-9-5-3-6-10-22/h4,7-8,11-16,22,25-26H,3,5-6,9-10,17-20H2,1-2H3,(H,31,38)(H,32,35). The minimum absolute atomic E-state index is 0.0133. The second kappa shape index (κ2) is 13.8. The van der Waals surface area contributed by atoms with E-state index < -0.39 is 24.0 Å². The van der Waals surface area contributed by atoms with Gasteiger partial charge in [-0.3, -0.25) is 9.59 Å². The average molecular weight is 551 g/mol. The first-order valence-electron chi connectivity index (χ1n) is 13.8. The van der Waals surface area contributed by atoms with Crippen LogP contribution in [-0.4, -0.2) is 79.6 Å². The number of carbonyl (C=O) groups excluding carboxylic acids is 4. The largest absolute Gasteiger partial charge is 0.497 e. The number of carbonyl (C=O) groups is 4. The van der Waals surface area contributed by atoms with Crippen LogP contribution in [0.3, 0.4) is 0 Å². The molecule has 1 aliphatic heterocycles. The van der Waals surface area contributed by atoms with E-state index in [2.05, 4.69) is 10.6 Å². The van der Waals surface area contributed by atoms with Gasteiger partial charge in [0.1, 0.15) is 17.8 Å². The highest BCUT2D eigenvalue weighted by atomic mass is 16.5. The van der Waals surface area contributed by atoms with Gasteiger partial charge in [0.15, 0.2) is 0 Å². The van der Waals surface area contributed by atoms with Crippen molar-refractivity contribution in [2.75, 3.05) is 39.2 Å². The van der Waals surface area contributed by atoms with Gasteiger partial charge in [-0.2, -0.15) is 0 Å². The van der Waals surface area contributed by atoms with Crippen LogP contribution in [0.25, 0.3) is 0 Å². The summed E-state index contributed by atoms with van der Waals surface area (Å²) in [6, 6.07) is 14.0. The van der Waals surface area contributed by atoms with Crippen LogP contribution >= 0.6 is 0 Å². The molecular weight excluding hydrogens is 512 g/mol. The molecule has 10 heteroatoms. The summed E-state index contributed by atoms with van der Waals surface area (Å²) < 4.78 is 10.2. The van der Waals surface area contributed by atoms with E-state index in [0.29, 0.717) is 18.0 Å². The first-order valence-corrected chi connectivity index (χ1v) is 13.8. The molecule has 0 radical (unpaired) electrons. The third kappa shape index (κ3) is 7.31. The van der Waals surface area contributed by atoms with Crippen molar-refractivity contribution in [2.24, 2.45) is 5.92 Å². The Labute approximate surface area is 235 Å². The van der Waals surface area contributed by atoms with Gasteiger partial charge in [0.05, 0.1) is 20.8 Å². The van der Waals surface area contributed by atoms with Crippen LogP contribution in [-0.2, 0) is 25.5 Å². The van der Waals surface area contributed by atoms with Crippen LogP contribution < -0.4 is 15.4 Å². The molecule has 1 saturated heterocycles. The van der Waals surface area contributed by atoms with Crippen LogP contribution in [0.1, 0.15) is 37.7 Å². The van der Waals surface area contributed by atoms with E-state index in [1.807, 2.05) is 30.3 Å². The van der Waals surface area contributed by atoms with Crippen molar-refractivity contribution in [3.05, 3.63) is 60.2 Å². The Morgan fingerprint density at radius 2 is 1.62 bits per heavy atom. The van der Waals surface area contributed by atoms with E-state index in [0.717, 1.165) is 37.7 Å². The highest BCUT2D eigenvalue weighted by Gasteiger charge is 2.40. The Balaban J connectivity index is 1.52. The molecule has 2 unspecified atom stereocenters. The van der Waals surface area contributed by atoms with Crippen LogP contribution in [0.2, 0.25) is 0 Å². The molecule has 2 atom stereocenters. The zero-order chi connectivity index (χ0) is 28.5. The number of ether oxygens (including phenoxy) is 2. The summed E-state index contributed by atoms with van der Waals surface area (Å²) >= 11 is 0. The minimum atomic E-state index is -0.967. The number of benzene rings is 2. The molecule has 214 valence electrons. The van der Waals surface area contributed by atoms with E-state index in [4.69, 9.17) is 9.47 Å². The second-order valence-electron chi connectivity index (χ2n) is 10.3. The van der Waals surface area contributed by atoms with Crippen LogP contribution in [0.5, 0.6) is 5.75 Å². The maximum atomic E-state index is 13.8. The third-order valence-corrected chi connectivity index (χ3v) is 7.63. The maximum Gasteiger partial charge on any atom is 0.328 e. The van der Waals surface area contributed by atoms with Crippen molar-refractivity contribution in [3.63, 3.8) is 0 Å². The quantitative estimate of drug-likeness (QED) is 0.488. The van der Waals surface area contributed by atoms with Gasteiger partial charge in [-0.05, 0) is 42.7 Å². The lowest BCUT2D eigenvalue weighted by Gasteiger charge is -2.42.